The summed E-state index contributed by atoms with van der Waals surface area (Å²) >= 11 is 0. The molecule has 1 N–H and O–H groups in total. The van der Waals surface area contributed by atoms with Crippen LogP contribution in [-0.4, -0.2) is 5.11 Å². The molecule has 0 atom stereocenters. The van der Waals surface area contributed by atoms with Gasteiger partial charge in [0.25, 0.3) is 0 Å². The molecule has 3 rings (SSSR count). The van der Waals surface area contributed by atoms with Gasteiger partial charge in [-0.3, -0.25) is 0 Å². The van der Waals surface area contributed by atoms with Crippen LogP contribution in [0.5, 0.6) is 11.5 Å². The lowest BCUT2D eigenvalue weighted by molar-refractivity contribution is 0.305. The lowest BCUT2D eigenvalue weighted by Crippen LogP contribution is -1.97. The second-order valence-corrected chi connectivity index (χ2v) is 7.48. The van der Waals surface area contributed by atoms with E-state index in [4.69, 9.17) is 4.74 Å². The van der Waals surface area contributed by atoms with Crippen LogP contribution >= 0.6 is 0 Å². The van der Waals surface area contributed by atoms with E-state index in [1.165, 1.54) is 16.7 Å². The van der Waals surface area contributed by atoms with E-state index in [1.807, 2.05) is 43.3 Å². The molecule has 0 amide bonds. The van der Waals surface area contributed by atoms with E-state index in [9.17, 15) is 5.11 Å². The van der Waals surface area contributed by atoms with Crippen LogP contribution in [0, 0.1) is 6.92 Å². The number of ether oxygens (including phenoxy) is 1. The Hall–Kier alpha value is -3.26. The predicted octanol–water partition coefficient (Wildman–Crippen LogP) is 6.87. The summed E-state index contributed by atoms with van der Waals surface area (Å²) in [6.45, 7) is 6.79. The maximum Gasteiger partial charge on any atom is 0.127 e. The summed E-state index contributed by atoms with van der Waals surface area (Å²) in [4.78, 5) is 0. The molecule has 2 nitrogen and oxygen atoms in total. The molecule has 148 valence electrons. The smallest absolute Gasteiger partial charge is 0.127 e. The van der Waals surface area contributed by atoms with Gasteiger partial charge in [-0.05, 0) is 62.1 Å². The number of aryl methyl sites for hydroxylation is 1. The zero-order valence-corrected chi connectivity index (χ0v) is 17.4. The Kier molecular flexibility index (Phi) is 6.91. The number of benzene rings is 3. The summed E-state index contributed by atoms with van der Waals surface area (Å²) in [6.07, 6.45) is 5.15. The second kappa shape index (κ2) is 9.79. The van der Waals surface area contributed by atoms with Crippen molar-refractivity contribution < 1.29 is 9.84 Å². The van der Waals surface area contributed by atoms with Gasteiger partial charge in [-0.1, -0.05) is 77.9 Å². The third-order valence-electron chi connectivity index (χ3n) is 4.81. The predicted molar refractivity (Wildman–Crippen MR) is 121 cm³/mol. The van der Waals surface area contributed by atoms with Crippen LogP contribution < -0.4 is 4.74 Å². The number of phenols is 1. The lowest BCUT2D eigenvalue weighted by atomic mass is 10.0. The minimum atomic E-state index is 0.236. The molecule has 0 heterocycles. The molecule has 0 aliphatic heterocycles. The molecule has 0 bridgehead atoms. The van der Waals surface area contributed by atoms with Gasteiger partial charge < -0.3 is 9.84 Å². The fraction of sp³-hybridized carbons (Fsp3) is 0.185. The Balaban J connectivity index is 1.76. The van der Waals surface area contributed by atoms with Crippen molar-refractivity contribution >= 4 is 5.57 Å². The van der Waals surface area contributed by atoms with Gasteiger partial charge in [0.1, 0.15) is 18.1 Å². The van der Waals surface area contributed by atoms with E-state index in [0.717, 1.165) is 28.9 Å². The van der Waals surface area contributed by atoms with Gasteiger partial charge >= 0.3 is 0 Å². The quantitative estimate of drug-likeness (QED) is 0.450. The topological polar surface area (TPSA) is 29.5 Å². The normalized spacial score (nSPS) is 12.1. The average Bonchev–Trinajstić information content (AvgIpc) is 2.72. The van der Waals surface area contributed by atoms with Crippen LogP contribution in [0.4, 0.5) is 0 Å². The first-order chi connectivity index (χ1) is 14.0. The molecule has 0 fully saturated rings. The van der Waals surface area contributed by atoms with Gasteiger partial charge in [0.15, 0.2) is 0 Å². The Morgan fingerprint density at radius 2 is 1.62 bits per heavy atom. The van der Waals surface area contributed by atoms with E-state index < -0.39 is 0 Å². The summed E-state index contributed by atoms with van der Waals surface area (Å²) in [5, 5.41) is 9.97. The van der Waals surface area contributed by atoms with Gasteiger partial charge in [-0.2, -0.15) is 0 Å². The van der Waals surface area contributed by atoms with Crippen molar-refractivity contribution in [3.63, 3.8) is 0 Å². The fourth-order valence-corrected chi connectivity index (χ4v) is 3.25. The van der Waals surface area contributed by atoms with Crippen LogP contribution in [0.15, 0.2) is 90.5 Å². The van der Waals surface area contributed by atoms with Crippen LogP contribution in [0.3, 0.4) is 0 Å². The minimum Gasteiger partial charge on any atom is -0.508 e. The summed E-state index contributed by atoms with van der Waals surface area (Å²) in [6, 6.07) is 23.9. The third kappa shape index (κ3) is 6.11. The van der Waals surface area contributed by atoms with Gasteiger partial charge in [-0.25, -0.2) is 0 Å². The van der Waals surface area contributed by atoms with Crippen molar-refractivity contribution in [1.82, 2.24) is 0 Å². The van der Waals surface area contributed by atoms with Crippen molar-refractivity contribution in [3.05, 3.63) is 113 Å². The zero-order chi connectivity index (χ0) is 20.6. The molecule has 0 aliphatic carbocycles. The van der Waals surface area contributed by atoms with E-state index in [-0.39, 0.29) is 5.75 Å². The summed E-state index contributed by atoms with van der Waals surface area (Å²) < 4.78 is 6.04. The minimum absolute atomic E-state index is 0.236. The molecule has 0 spiro atoms. The van der Waals surface area contributed by atoms with Crippen LogP contribution in [0.2, 0.25) is 0 Å². The summed E-state index contributed by atoms with van der Waals surface area (Å²) in [5.74, 6) is 1.01. The highest BCUT2D eigenvalue weighted by Crippen LogP contribution is 2.30. The molecular weight excluding hydrogens is 356 g/mol. The molecule has 3 aromatic rings. The first-order valence-corrected chi connectivity index (χ1v) is 9.91. The summed E-state index contributed by atoms with van der Waals surface area (Å²) in [7, 11) is 0. The van der Waals surface area contributed by atoms with Gasteiger partial charge in [-0.15, -0.1) is 0 Å². The lowest BCUT2D eigenvalue weighted by Gasteiger charge is -2.12. The van der Waals surface area contributed by atoms with Crippen molar-refractivity contribution in [1.29, 1.82) is 0 Å². The third-order valence-corrected chi connectivity index (χ3v) is 4.81. The maximum atomic E-state index is 9.97. The van der Waals surface area contributed by atoms with E-state index >= 15 is 0 Å². The van der Waals surface area contributed by atoms with Gasteiger partial charge in [0, 0.05) is 5.56 Å². The SMILES string of the molecule is C/C(=C/C=C(\C)c1cc(O)ccc1OCc1ccccc1)Cc1cccc(C)c1. The van der Waals surface area contributed by atoms with Crippen molar-refractivity contribution in [3.8, 4) is 11.5 Å². The van der Waals surface area contributed by atoms with E-state index in [1.54, 1.807) is 12.1 Å². The number of allylic oxidation sites excluding steroid dienone is 4. The maximum absolute atomic E-state index is 9.97. The average molecular weight is 385 g/mol. The van der Waals surface area contributed by atoms with E-state index in [2.05, 4.69) is 50.3 Å². The number of rotatable bonds is 7. The Labute approximate surface area is 173 Å². The first kappa shape index (κ1) is 20.5. The summed E-state index contributed by atoms with van der Waals surface area (Å²) in [5.41, 5.74) is 6.94. The van der Waals surface area contributed by atoms with Crippen LogP contribution in [0.25, 0.3) is 5.57 Å². The molecule has 0 aliphatic rings. The number of hydrogen-bond acceptors (Lipinski definition) is 2. The molecule has 0 unspecified atom stereocenters. The van der Waals surface area contributed by atoms with Crippen LogP contribution in [0.1, 0.15) is 36.1 Å². The number of phenolic OH excluding ortho intramolecular Hbond substituents is 1. The van der Waals surface area contributed by atoms with Gasteiger partial charge in [0.05, 0.1) is 0 Å². The first-order valence-electron chi connectivity index (χ1n) is 9.91. The van der Waals surface area contributed by atoms with Crippen molar-refractivity contribution in [2.24, 2.45) is 0 Å². The Morgan fingerprint density at radius 1 is 0.862 bits per heavy atom. The molecule has 0 saturated carbocycles. The Bertz CT molecular complexity index is 1010. The monoisotopic (exact) mass is 384 g/mol. The van der Waals surface area contributed by atoms with Gasteiger partial charge in [0.2, 0.25) is 0 Å². The standard InChI is InChI=1S/C27H28O2/c1-20-8-7-11-24(16-20)17-21(2)12-13-22(3)26-18-25(28)14-15-27(26)29-19-23-9-5-4-6-10-23/h4-16,18,28H,17,19H2,1-3H3/b21-12-,22-13+. The molecular formula is C27H28O2. The highest BCUT2D eigenvalue weighted by Gasteiger charge is 2.07. The molecule has 29 heavy (non-hydrogen) atoms. The molecule has 3 aromatic carbocycles. The van der Waals surface area contributed by atoms with Crippen LogP contribution in [-0.2, 0) is 13.0 Å². The molecule has 2 heteroatoms. The largest absolute Gasteiger partial charge is 0.508 e. The van der Waals surface area contributed by atoms with Crippen molar-refractivity contribution in [2.45, 2.75) is 33.8 Å². The number of hydrogen-bond donors (Lipinski definition) is 1. The van der Waals surface area contributed by atoms with Crippen molar-refractivity contribution in [2.75, 3.05) is 0 Å². The molecule has 0 aromatic heterocycles. The highest BCUT2D eigenvalue weighted by molar-refractivity contribution is 5.71. The molecule has 0 radical (unpaired) electrons. The molecule has 0 saturated heterocycles. The highest BCUT2D eigenvalue weighted by atomic mass is 16.5. The number of aromatic hydroxyl groups is 1. The second-order valence-electron chi connectivity index (χ2n) is 7.48. The van der Waals surface area contributed by atoms with E-state index in [0.29, 0.717) is 6.61 Å². The Morgan fingerprint density at radius 3 is 2.38 bits per heavy atom. The fourth-order valence-electron chi connectivity index (χ4n) is 3.25. The zero-order valence-electron chi connectivity index (χ0n) is 17.4.